The van der Waals surface area contributed by atoms with E-state index in [-0.39, 0.29) is 0 Å². The van der Waals surface area contributed by atoms with Gasteiger partial charge in [0.2, 0.25) is 0 Å². The molecule has 0 saturated heterocycles. The number of hydrogen-bond acceptors (Lipinski definition) is 1. The topological polar surface area (TPSA) is 17.8 Å². The molecule has 1 heterocycles. The average molecular weight is 214 g/mol. The summed E-state index contributed by atoms with van der Waals surface area (Å²) in [5.41, 5.74) is 1.23. The second kappa shape index (κ2) is 5.42. The first-order chi connectivity index (χ1) is 5.25. The molecule has 2 radical (unpaired) electrons. The Kier molecular flexibility index (Phi) is 5.31. The maximum atomic E-state index is 4.14. The SMILES string of the molecule is CC.Cc1cnc(C)n1C[As]. The summed E-state index contributed by atoms with van der Waals surface area (Å²) in [6.07, 6.45) is 1.89. The van der Waals surface area contributed by atoms with Crippen molar-refractivity contribution in [1.82, 2.24) is 9.55 Å². The second-order valence-electron chi connectivity index (χ2n) is 2.02. The van der Waals surface area contributed by atoms with Crippen LogP contribution in [0.25, 0.3) is 0 Å². The quantitative estimate of drug-likeness (QED) is 0.650. The fourth-order valence-electron chi connectivity index (χ4n) is 0.795. The van der Waals surface area contributed by atoms with Crippen molar-refractivity contribution in [3.63, 3.8) is 0 Å². The fraction of sp³-hybridized carbons (Fsp3) is 0.625. The van der Waals surface area contributed by atoms with Gasteiger partial charge in [0.15, 0.2) is 0 Å². The van der Waals surface area contributed by atoms with Crippen molar-refractivity contribution in [2.75, 3.05) is 0 Å². The zero-order chi connectivity index (χ0) is 8.85. The first-order valence-corrected chi connectivity index (χ1v) is 5.18. The van der Waals surface area contributed by atoms with Gasteiger partial charge in [0, 0.05) is 0 Å². The summed E-state index contributed by atoms with van der Waals surface area (Å²) in [5.74, 6) is 1.09. The van der Waals surface area contributed by atoms with Gasteiger partial charge >= 0.3 is 63.3 Å². The van der Waals surface area contributed by atoms with E-state index in [4.69, 9.17) is 0 Å². The predicted molar refractivity (Wildman–Crippen MR) is 48.8 cm³/mol. The second-order valence-corrected chi connectivity index (χ2v) is 2.61. The molecule has 0 aliphatic rings. The van der Waals surface area contributed by atoms with Crippen LogP contribution in [0.2, 0.25) is 0 Å². The van der Waals surface area contributed by atoms with Crippen molar-refractivity contribution < 1.29 is 0 Å². The molecular formula is C8H15AsN2. The van der Waals surface area contributed by atoms with E-state index in [1.165, 1.54) is 5.69 Å². The van der Waals surface area contributed by atoms with Gasteiger partial charge in [-0.25, -0.2) is 0 Å². The molecule has 2 nitrogen and oxygen atoms in total. The molecule has 0 aliphatic carbocycles. The summed E-state index contributed by atoms with van der Waals surface area (Å²) in [4.78, 5) is 4.14. The van der Waals surface area contributed by atoms with Crippen molar-refractivity contribution >= 4 is 16.9 Å². The van der Waals surface area contributed by atoms with Crippen molar-refractivity contribution in [1.29, 1.82) is 0 Å². The number of aromatic nitrogens is 2. The molecule has 3 heteroatoms. The van der Waals surface area contributed by atoms with E-state index in [9.17, 15) is 0 Å². The number of rotatable bonds is 1. The molecule has 0 fully saturated rings. The van der Waals surface area contributed by atoms with E-state index in [0.717, 1.165) is 11.2 Å². The van der Waals surface area contributed by atoms with Crippen LogP contribution < -0.4 is 0 Å². The first-order valence-electron chi connectivity index (χ1n) is 3.85. The summed E-state index contributed by atoms with van der Waals surface area (Å²) in [6.45, 7) is 8.08. The Hall–Kier alpha value is -0.232. The van der Waals surface area contributed by atoms with Gasteiger partial charge in [0.1, 0.15) is 0 Å². The molecule has 0 bridgehead atoms. The van der Waals surface area contributed by atoms with Gasteiger partial charge in [-0.2, -0.15) is 0 Å². The molecule has 0 unspecified atom stereocenters. The molecule has 1 rings (SSSR count). The molecule has 1 aromatic heterocycles. The number of imidazole rings is 1. The van der Waals surface area contributed by atoms with Crippen molar-refractivity contribution in [2.45, 2.75) is 33.0 Å². The third kappa shape index (κ3) is 2.70. The molecule has 62 valence electrons. The van der Waals surface area contributed by atoms with E-state index in [2.05, 4.69) is 33.3 Å². The predicted octanol–water partition coefficient (Wildman–Crippen LogP) is 1.65. The molecule has 0 aromatic carbocycles. The molecule has 11 heavy (non-hydrogen) atoms. The third-order valence-corrected chi connectivity index (χ3v) is 1.99. The van der Waals surface area contributed by atoms with Crippen molar-refractivity contribution in [3.8, 4) is 0 Å². The van der Waals surface area contributed by atoms with Gasteiger partial charge in [-0.15, -0.1) is 0 Å². The number of hydrogen-bond donors (Lipinski definition) is 0. The molecule has 1 aromatic rings. The number of aryl methyl sites for hydroxylation is 2. The summed E-state index contributed by atoms with van der Waals surface area (Å²) >= 11 is 2.54. The van der Waals surface area contributed by atoms with Crippen LogP contribution in [0.3, 0.4) is 0 Å². The molecular weight excluding hydrogens is 199 g/mol. The van der Waals surface area contributed by atoms with Crippen LogP contribution in [0.15, 0.2) is 6.20 Å². The number of nitrogens with zero attached hydrogens (tertiary/aromatic N) is 2. The Balaban J connectivity index is 0.000000461. The zero-order valence-corrected chi connectivity index (χ0v) is 9.50. The van der Waals surface area contributed by atoms with Gasteiger partial charge in [-0.1, -0.05) is 13.8 Å². The standard InChI is InChI=1S/C6H9AsN2.C2H6/c1-5-3-8-6(2)9(5)4-7;1-2/h3H,4H2,1-2H3;1-2H3. The van der Waals surface area contributed by atoms with Crippen LogP contribution in [0.1, 0.15) is 25.4 Å². The van der Waals surface area contributed by atoms with E-state index in [1.807, 2.05) is 27.0 Å². The van der Waals surface area contributed by atoms with E-state index >= 15 is 0 Å². The zero-order valence-electron chi connectivity index (χ0n) is 7.63. The third-order valence-electron chi connectivity index (χ3n) is 1.40. The maximum absolute atomic E-state index is 4.14. The Morgan fingerprint density at radius 2 is 2.00 bits per heavy atom. The Morgan fingerprint density at radius 3 is 2.18 bits per heavy atom. The van der Waals surface area contributed by atoms with Crippen LogP contribution in [-0.4, -0.2) is 26.4 Å². The minimum absolute atomic E-state index is 0.963. The first kappa shape index (κ1) is 10.8. The van der Waals surface area contributed by atoms with E-state index in [1.54, 1.807) is 0 Å². The Morgan fingerprint density at radius 1 is 1.45 bits per heavy atom. The van der Waals surface area contributed by atoms with Gasteiger partial charge in [-0.3, -0.25) is 0 Å². The van der Waals surface area contributed by atoms with Gasteiger partial charge in [-0.05, 0) is 0 Å². The normalized spacial score (nSPS) is 8.82. The molecule has 0 aliphatic heterocycles. The summed E-state index contributed by atoms with van der Waals surface area (Å²) < 4.78 is 2.15. The summed E-state index contributed by atoms with van der Waals surface area (Å²) in [6, 6.07) is 0. The average Bonchev–Trinajstić information content (AvgIpc) is 2.35. The van der Waals surface area contributed by atoms with Gasteiger partial charge in [0.05, 0.1) is 0 Å². The molecule has 0 saturated carbocycles. The molecule has 0 N–H and O–H groups in total. The Labute approximate surface area is 77.5 Å². The summed E-state index contributed by atoms with van der Waals surface area (Å²) in [7, 11) is 0. The van der Waals surface area contributed by atoms with Crippen LogP contribution in [-0.2, 0) is 5.33 Å². The van der Waals surface area contributed by atoms with Gasteiger partial charge < -0.3 is 0 Å². The van der Waals surface area contributed by atoms with Crippen molar-refractivity contribution in [2.24, 2.45) is 0 Å². The monoisotopic (exact) mass is 214 g/mol. The van der Waals surface area contributed by atoms with E-state index in [0.29, 0.717) is 0 Å². The molecule has 0 atom stereocenters. The van der Waals surface area contributed by atoms with Crippen LogP contribution in [0.5, 0.6) is 0 Å². The Bertz CT molecular complexity index is 186. The molecule has 0 amide bonds. The van der Waals surface area contributed by atoms with Crippen LogP contribution >= 0.6 is 0 Å². The van der Waals surface area contributed by atoms with Crippen LogP contribution in [0.4, 0.5) is 0 Å². The minimum atomic E-state index is 0.963. The van der Waals surface area contributed by atoms with Crippen molar-refractivity contribution in [3.05, 3.63) is 17.7 Å². The van der Waals surface area contributed by atoms with E-state index < -0.39 is 0 Å². The molecule has 0 spiro atoms. The van der Waals surface area contributed by atoms with Crippen LogP contribution in [0, 0.1) is 13.8 Å². The fourth-order valence-corrected chi connectivity index (χ4v) is 1.69. The summed E-state index contributed by atoms with van der Waals surface area (Å²) in [5, 5.41) is 0.963. The van der Waals surface area contributed by atoms with Gasteiger partial charge in [0.25, 0.3) is 0 Å².